The van der Waals surface area contributed by atoms with Gasteiger partial charge >= 0.3 is 7.48 Å². The molecule has 3 aromatic rings. The van der Waals surface area contributed by atoms with Gasteiger partial charge in [0, 0.05) is 17.0 Å². The topological polar surface area (TPSA) is 55.5 Å². The summed E-state index contributed by atoms with van der Waals surface area (Å²) in [6.45, 7) is 7.28. The van der Waals surface area contributed by atoms with Crippen molar-refractivity contribution in [3.05, 3.63) is 36.5 Å². The number of fused-ring (bicyclic) bond motifs is 3. The highest BCUT2D eigenvalue weighted by Gasteiger charge is 2.35. The molecule has 114 valence electrons. The van der Waals surface area contributed by atoms with Crippen LogP contribution in [0.5, 0.6) is 0 Å². The molecule has 0 aliphatic carbocycles. The summed E-state index contributed by atoms with van der Waals surface area (Å²) in [5.41, 5.74) is 0.842. The van der Waals surface area contributed by atoms with E-state index >= 15 is 0 Å². The lowest BCUT2D eigenvalue weighted by molar-refractivity contribution is -0.0893. The summed E-state index contributed by atoms with van der Waals surface area (Å²) < 4.78 is 11.8. The smallest absolute Gasteiger partial charge is 0.310 e. The molecule has 1 N–H and O–H groups in total. The van der Waals surface area contributed by atoms with Crippen LogP contribution in [0.1, 0.15) is 27.7 Å². The maximum Gasteiger partial charge on any atom is 0.310 e. The molecule has 0 saturated carbocycles. The minimum absolute atomic E-state index is 0.388. The first-order valence-electron chi connectivity index (χ1n) is 7.41. The highest BCUT2D eigenvalue weighted by atomic mass is 16.5. The van der Waals surface area contributed by atoms with E-state index in [1.54, 1.807) is 20.0 Å². The normalized spacial score (nSPS) is 13.0. The van der Waals surface area contributed by atoms with E-state index in [9.17, 15) is 5.11 Å². The Morgan fingerprint density at radius 2 is 1.86 bits per heavy atom. The van der Waals surface area contributed by atoms with Crippen molar-refractivity contribution in [3.63, 3.8) is 0 Å². The van der Waals surface area contributed by atoms with E-state index in [-0.39, 0.29) is 0 Å². The second-order valence-electron chi connectivity index (χ2n) is 6.61. The molecule has 3 rings (SSSR count). The van der Waals surface area contributed by atoms with Gasteiger partial charge in [-0.3, -0.25) is 0 Å². The molecular weight excluding hydrogens is 277 g/mol. The number of rotatable bonds is 4. The Balaban J connectivity index is 2.01. The van der Waals surface area contributed by atoms with Crippen LogP contribution >= 0.6 is 0 Å². The van der Waals surface area contributed by atoms with Gasteiger partial charge in [0.25, 0.3) is 0 Å². The molecule has 0 amide bonds. The van der Waals surface area contributed by atoms with E-state index in [1.165, 1.54) is 0 Å². The van der Waals surface area contributed by atoms with Gasteiger partial charge in [-0.05, 0) is 45.3 Å². The second-order valence-corrected chi connectivity index (χ2v) is 6.61. The van der Waals surface area contributed by atoms with Crippen LogP contribution in [0.4, 0.5) is 0 Å². The molecule has 0 atom stereocenters. The van der Waals surface area contributed by atoms with Crippen molar-refractivity contribution in [2.45, 2.75) is 38.9 Å². The minimum Gasteiger partial charge on any atom is -0.438 e. The third kappa shape index (κ3) is 2.51. The molecule has 0 aliphatic rings. The van der Waals surface area contributed by atoms with E-state index in [4.69, 9.17) is 9.07 Å². The van der Waals surface area contributed by atoms with Gasteiger partial charge in [-0.1, -0.05) is 18.2 Å². The summed E-state index contributed by atoms with van der Waals surface area (Å²) in [5.74, 6) is 0. The highest BCUT2D eigenvalue weighted by molar-refractivity contribution is 6.52. The first-order valence-corrected chi connectivity index (χ1v) is 7.41. The molecule has 0 aliphatic heterocycles. The number of aliphatic hydroxyl groups is 1. The number of hydrogen-bond donors (Lipinski definition) is 1. The molecule has 5 heteroatoms. The van der Waals surface area contributed by atoms with Crippen LogP contribution in [0.25, 0.3) is 22.1 Å². The quantitative estimate of drug-likeness (QED) is 0.752. The van der Waals surface area contributed by atoms with Crippen molar-refractivity contribution >= 4 is 35.0 Å². The van der Waals surface area contributed by atoms with Gasteiger partial charge in [-0.15, -0.1) is 0 Å². The first kappa shape index (κ1) is 15.1. The number of furan rings is 1. The van der Waals surface area contributed by atoms with Crippen LogP contribution in [-0.2, 0) is 4.65 Å². The van der Waals surface area contributed by atoms with Gasteiger partial charge in [-0.2, -0.15) is 0 Å². The number of para-hydroxylation sites is 1. The number of pyridine rings is 1. The molecule has 0 fully saturated rings. The van der Waals surface area contributed by atoms with Crippen LogP contribution in [0.3, 0.4) is 0 Å². The Morgan fingerprint density at radius 3 is 2.59 bits per heavy atom. The maximum absolute atomic E-state index is 10.2. The summed E-state index contributed by atoms with van der Waals surface area (Å²) in [6.07, 6.45) is 1.72. The van der Waals surface area contributed by atoms with Gasteiger partial charge in [0.15, 0.2) is 0 Å². The van der Waals surface area contributed by atoms with Crippen LogP contribution in [0, 0.1) is 0 Å². The largest absolute Gasteiger partial charge is 0.438 e. The lowest BCUT2D eigenvalue weighted by Crippen LogP contribution is -2.49. The second kappa shape index (κ2) is 5.11. The summed E-state index contributed by atoms with van der Waals surface area (Å²) >= 11 is 0. The number of aromatic nitrogens is 1. The fraction of sp³-hybridized carbons (Fsp3) is 0.353. The SMILES string of the molecule is CC(C)(O)C(C)(C)OBc1ccnc2oc3ccccc3c12. The van der Waals surface area contributed by atoms with Crippen molar-refractivity contribution in [3.8, 4) is 0 Å². The van der Waals surface area contributed by atoms with E-state index in [0.717, 1.165) is 21.8 Å². The zero-order valence-electron chi connectivity index (χ0n) is 13.4. The van der Waals surface area contributed by atoms with E-state index < -0.39 is 11.2 Å². The Bertz CT molecular complexity index is 817. The maximum atomic E-state index is 10.2. The van der Waals surface area contributed by atoms with Crippen molar-refractivity contribution in [1.82, 2.24) is 4.98 Å². The van der Waals surface area contributed by atoms with Gasteiger partial charge in [0.05, 0.1) is 11.2 Å². The Hall–Kier alpha value is -1.85. The molecule has 4 nitrogen and oxygen atoms in total. The van der Waals surface area contributed by atoms with Crippen molar-refractivity contribution in [2.75, 3.05) is 0 Å². The fourth-order valence-corrected chi connectivity index (χ4v) is 2.27. The molecule has 0 bridgehead atoms. The van der Waals surface area contributed by atoms with Gasteiger partial charge in [-0.25, -0.2) is 4.98 Å². The van der Waals surface area contributed by atoms with Crippen molar-refractivity contribution in [2.24, 2.45) is 0 Å². The zero-order chi connectivity index (χ0) is 16.0. The summed E-state index contributed by atoms with van der Waals surface area (Å²) in [6, 6.07) is 9.81. The molecule has 22 heavy (non-hydrogen) atoms. The van der Waals surface area contributed by atoms with E-state index in [1.807, 2.05) is 44.2 Å². The van der Waals surface area contributed by atoms with Gasteiger partial charge in [0.1, 0.15) is 5.58 Å². The van der Waals surface area contributed by atoms with Crippen LogP contribution in [0.15, 0.2) is 40.9 Å². The fourth-order valence-electron chi connectivity index (χ4n) is 2.27. The molecule has 0 radical (unpaired) electrons. The number of nitrogens with zero attached hydrogens (tertiary/aromatic N) is 1. The zero-order valence-corrected chi connectivity index (χ0v) is 13.4. The minimum atomic E-state index is -0.933. The molecule has 0 spiro atoms. The standard InChI is InChI=1S/C17H20BNO3/c1-16(2,20)17(3,4)22-18-12-9-10-19-15-14(12)11-7-5-6-8-13(11)21-15/h5-10,18,20H,1-4H3. The lowest BCUT2D eigenvalue weighted by atomic mass is 9.81. The molecule has 0 saturated heterocycles. The number of benzene rings is 1. The number of hydrogen-bond acceptors (Lipinski definition) is 4. The summed E-state index contributed by atoms with van der Waals surface area (Å²) in [4.78, 5) is 4.30. The average Bonchev–Trinajstić information content (AvgIpc) is 2.83. The van der Waals surface area contributed by atoms with Crippen molar-refractivity contribution < 1.29 is 14.2 Å². The van der Waals surface area contributed by atoms with E-state index in [0.29, 0.717) is 13.2 Å². The van der Waals surface area contributed by atoms with Crippen LogP contribution < -0.4 is 5.46 Å². The third-order valence-corrected chi connectivity index (χ3v) is 4.43. The predicted molar refractivity (Wildman–Crippen MR) is 89.8 cm³/mol. The van der Waals surface area contributed by atoms with Crippen molar-refractivity contribution in [1.29, 1.82) is 0 Å². The summed E-state index contributed by atoms with van der Waals surface area (Å²) in [5, 5.41) is 12.2. The molecule has 1 aromatic carbocycles. The Kier molecular flexibility index (Phi) is 3.50. The summed E-state index contributed by atoms with van der Waals surface area (Å²) in [7, 11) is 0.388. The highest BCUT2D eigenvalue weighted by Crippen LogP contribution is 2.27. The van der Waals surface area contributed by atoms with Gasteiger partial charge < -0.3 is 14.2 Å². The Labute approximate surface area is 130 Å². The molecule has 0 unspecified atom stereocenters. The van der Waals surface area contributed by atoms with Crippen LogP contribution in [-0.4, -0.2) is 28.8 Å². The average molecular weight is 297 g/mol. The molecule has 2 heterocycles. The lowest BCUT2D eigenvalue weighted by Gasteiger charge is -2.37. The molecule has 2 aromatic heterocycles. The van der Waals surface area contributed by atoms with Crippen LogP contribution in [0.2, 0.25) is 0 Å². The third-order valence-electron chi connectivity index (χ3n) is 4.43. The monoisotopic (exact) mass is 297 g/mol. The van der Waals surface area contributed by atoms with E-state index in [2.05, 4.69) is 4.98 Å². The molecular formula is C17H20BNO3. The first-order chi connectivity index (χ1) is 10.3. The predicted octanol–water partition coefficient (Wildman–Crippen LogP) is 2.52. The van der Waals surface area contributed by atoms with Gasteiger partial charge in [0.2, 0.25) is 5.71 Å². The Morgan fingerprint density at radius 1 is 1.14 bits per heavy atom.